The lowest BCUT2D eigenvalue weighted by Gasteiger charge is -2.08. The van der Waals surface area contributed by atoms with E-state index >= 15 is 0 Å². The third-order valence-electron chi connectivity index (χ3n) is 3.20. The Hall–Kier alpha value is -2.33. The summed E-state index contributed by atoms with van der Waals surface area (Å²) in [4.78, 5) is 12.1. The lowest BCUT2D eigenvalue weighted by Crippen LogP contribution is -1.95. The molecule has 0 saturated heterocycles. The number of rotatable bonds is 2. The van der Waals surface area contributed by atoms with Crippen LogP contribution in [0.25, 0.3) is 17.4 Å². The van der Waals surface area contributed by atoms with Crippen molar-refractivity contribution >= 4 is 34.7 Å². The van der Waals surface area contributed by atoms with Crippen LogP contribution >= 0.6 is 11.3 Å². The highest BCUT2D eigenvalue weighted by Gasteiger charge is 2.21. The molecule has 4 heteroatoms. The molecule has 1 heterocycles. The highest BCUT2D eigenvalue weighted by Crippen LogP contribution is 2.40. The molecule has 1 aromatic carbocycles. The first-order valence-electron chi connectivity index (χ1n) is 6.08. The summed E-state index contributed by atoms with van der Waals surface area (Å²) in [6.45, 7) is 0. The summed E-state index contributed by atoms with van der Waals surface area (Å²) in [5, 5.41) is 11.1. The van der Waals surface area contributed by atoms with Gasteiger partial charge >= 0.3 is 5.97 Å². The third kappa shape index (κ3) is 2.04. The van der Waals surface area contributed by atoms with Crippen molar-refractivity contribution in [2.45, 2.75) is 0 Å². The van der Waals surface area contributed by atoms with Crippen LogP contribution in [0, 0.1) is 0 Å². The molecule has 0 saturated carbocycles. The fraction of sp³-hybridized carbons (Fsp3) is 0.0625. The monoisotopic (exact) mass is 284 g/mol. The van der Waals surface area contributed by atoms with Gasteiger partial charge in [0.2, 0.25) is 0 Å². The van der Waals surface area contributed by atoms with Crippen LogP contribution in [0.15, 0.2) is 41.8 Å². The molecule has 100 valence electrons. The number of methoxy groups -OCH3 is 1. The van der Waals surface area contributed by atoms with E-state index in [1.54, 1.807) is 18.4 Å². The summed E-state index contributed by atoms with van der Waals surface area (Å²) in [5.41, 5.74) is 3.48. The van der Waals surface area contributed by atoms with E-state index in [1.807, 2.05) is 41.8 Å². The van der Waals surface area contributed by atoms with Gasteiger partial charge < -0.3 is 9.84 Å². The molecule has 1 aromatic heterocycles. The van der Waals surface area contributed by atoms with Gasteiger partial charge in [0.1, 0.15) is 5.76 Å². The Morgan fingerprint density at radius 1 is 1.25 bits per heavy atom. The number of carboxylic acid groups (broad SMARTS) is 1. The lowest BCUT2D eigenvalue weighted by atomic mass is 9.96. The molecule has 20 heavy (non-hydrogen) atoms. The van der Waals surface area contributed by atoms with Crippen LogP contribution in [0.3, 0.4) is 0 Å². The van der Waals surface area contributed by atoms with E-state index in [4.69, 9.17) is 9.84 Å². The third-order valence-corrected chi connectivity index (χ3v) is 4.13. The molecule has 0 amide bonds. The fourth-order valence-electron chi connectivity index (χ4n) is 2.36. The van der Waals surface area contributed by atoms with Crippen LogP contribution in [-0.4, -0.2) is 18.2 Å². The van der Waals surface area contributed by atoms with E-state index < -0.39 is 5.97 Å². The number of hydrogen-bond donors (Lipinski definition) is 1. The largest absolute Gasteiger partial charge is 0.495 e. The molecule has 3 nitrogen and oxygen atoms in total. The molecule has 0 spiro atoms. The Bertz CT molecular complexity index is 738. The molecule has 0 bridgehead atoms. The highest BCUT2D eigenvalue weighted by molar-refractivity contribution is 7.11. The predicted molar refractivity (Wildman–Crippen MR) is 80.4 cm³/mol. The number of aliphatic carboxylic acids is 1. The van der Waals surface area contributed by atoms with Crippen LogP contribution < -0.4 is 0 Å². The minimum absolute atomic E-state index is 0.715. The molecule has 1 aliphatic carbocycles. The summed E-state index contributed by atoms with van der Waals surface area (Å²) in [5.74, 6) is -0.191. The quantitative estimate of drug-likeness (QED) is 0.855. The summed E-state index contributed by atoms with van der Waals surface area (Å²) in [7, 11) is 1.63. The van der Waals surface area contributed by atoms with Crippen LogP contribution in [0.5, 0.6) is 0 Å². The average molecular weight is 284 g/mol. The minimum atomic E-state index is -0.951. The normalized spacial score (nSPS) is 15.1. The molecule has 3 rings (SSSR count). The second kappa shape index (κ2) is 4.98. The Balaban J connectivity index is 2.35. The minimum Gasteiger partial charge on any atom is -0.495 e. The Morgan fingerprint density at radius 2 is 2.05 bits per heavy atom. The molecule has 0 fully saturated rings. The van der Waals surface area contributed by atoms with Gasteiger partial charge in [-0.1, -0.05) is 24.3 Å². The summed E-state index contributed by atoms with van der Waals surface area (Å²) in [6, 6.07) is 9.66. The van der Waals surface area contributed by atoms with Crippen LogP contribution in [-0.2, 0) is 9.53 Å². The zero-order valence-electron chi connectivity index (χ0n) is 10.8. The SMILES string of the molecule is COC1=Cc2ccccc2/C(=C\C(=O)O)c2ccsc21. The van der Waals surface area contributed by atoms with Crippen molar-refractivity contribution in [3.8, 4) is 0 Å². The maximum Gasteiger partial charge on any atom is 0.328 e. The zero-order chi connectivity index (χ0) is 14.1. The van der Waals surface area contributed by atoms with Gasteiger partial charge in [0.05, 0.1) is 12.0 Å². The van der Waals surface area contributed by atoms with E-state index in [1.165, 1.54) is 6.08 Å². The van der Waals surface area contributed by atoms with Crippen LogP contribution in [0.1, 0.15) is 21.6 Å². The smallest absolute Gasteiger partial charge is 0.328 e. The van der Waals surface area contributed by atoms with Gasteiger partial charge in [-0.05, 0) is 34.2 Å². The Morgan fingerprint density at radius 3 is 2.80 bits per heavy atom. The van der Waals surface area contributed by atoms with Gasteiger partial charge in [-0.3, -0.25) is 0 Å². The Kier molecular flexibility index (Phi) is 3.16. The van der Waals surface area contributed by atoms with Gasteiger partial charge in [-0.25, -0.2) is 4.79 Å². The van der Waals surface area contributed by atoms with Crippen molar-refractivity contribution in [1.82, 2.24) is 0 Å². The van der Waals surface area contributed by atoms with Gasteiger partial charge in [0, 0.05) is 11.6 Å². The van der Waals surface area contributed by atoms with Crippen LogP contribution in [0.4, 0.5) is 0 Å². The second-order valence-corrected chi connectivity index (χ2v) is 5.28. The average Bonchev–Trinajstić information content (AvgIpc) is 2.87. The molecule has 0 aliphatic heterocycles. The second-order valence-electron chi connectivity index (χ2n) is 4.36. The van der Waals surface area contributed by atoms with E-state index in [0.717, 1.165) is 27.3 Å². The van der Waals surface area contributed by atoms with E-state index in [-0.39, 0.29) is 0 Å². The van der Waals surface area contributed by atoms with Crippen molar-refractivity contribution in [2.24, 2.45) is 0 Å². The number of benzene rings is 1. The number of carbonyl (C=O) groups is 1. The molecular weight excluding hydrogens is 272 g/mol. The highest BCUT2D eigenvalue weighted by atomic mass is 32.1. The number of ether oxygens (including phenoxy) is 1. The first-order chi connectivity index (χ1) is 9.70. The lowest BCUT2D eigenvalue weighted by molar-refractivity contribution is -0.131. The van der Waals surface area contributed by atoms with E-state index in [2.05, 4.69) is 0 Å². The van der Waals surface area contributed by atoms with Gasteiger partial charge in [-0.2, -0.15) is 0 Å². The van der Waals surface area contributed by atoms with Crippen LogP contribution in [0.2, 0.25) is 0 Å². The molecule has 1 N–H and O–H groups in total. The Labute approximate surface area is 120 Å². The topological polar surface area (TPSA) is 46.5 Å². The molecule has 0 atom stereocenters. The van der Waals surface area contributed by atoms with Crippen molar-refractivity contribution in [1.29, 1.82) is 0 Å². The standard InChI is InChI=1S/C16H12O3S/c1-19-14-8-10-4-2-3-5-11(10)13(9-15(17)18)12-6-7-20-16(12)14/h2-9H,1H3,(H,17,18)/b13-9+. The van der Waals surface area contributed by atoms with E-state index in [9.17, 15) is 4.79 Å². The molecule has 2 aromatic rings. The van der Waals surface area contributed by atoms with Crippen molar-refractivity contribution in [3.63, 3.8) is 0 Å². The molecule has 1 aliphatic rings. The van der Waals surface area contributed by atoms with Crippen molar-refractivity contribution in [3.05, 3.63) is 63.4 Å². The zero-order valence-corrected chi connectivity index (χ0v) is 11.6. The molecular formula is C16H12O3S. The summed E-state index contributed by atoms with van der Waals surface area (Å²) < 4.78 is 5.46. The number of carboxylic acids is 1. The first-order valence-corrected chi connectivity index (χ1v) is 6.96. The fourth-order valence-corrected chi connectivity index (χ4v) is 3.27. The van der Waals surface area contributed by atoms with Gasteiger partial charge in [0.15, 0.2) is 0 Å². The number of fused-ring (bicyclic) bond motifs is 2. The maximum absolute atomic E-state index is 11.2. The van der Waals surface area contributed by atoms with E-state index in [0.29, 0.717) is 5.57 Å². The number of hydrogen-bond acceptors (Lipinski definition) is 3. The summed E-state index contributed by atoms with van der Waals surface area (Å²) >= 11 is 1.55. The number of thiophene rings is 1. The predicted octanol–water partition coefficient (Wildman–Crippen LogP) is 3.72. The van der Waals surface area contributed by atoms with Gasteiger partial charge in [0.25, 0.3) is 0 Å². The van der Waals surface area contributed by atoms with Gasteiger partial charge in [-0.15, -0.1) is 11.3 Å². The van der Waals surface area contributed by atoms with Crippen molar-refractivity contribution < 1.29 is 14.6 Å². The maximum atomic E-state index is 11.2. The molecule has 0 radical (unpaired) electrons. The van der Waals surface area contributed by atoms with Crippen molar-refractivity contribution in [2.75, 3.05) is 7.11 Å². The molecule has 0 unspecified atom stereocenters. The summed E-state index contributed by atoms with van der Waals surface area (Å²) in [6.07, 6.45) is 3.21. The first kappa shape index (κ1) is 12.7.